The molecule has 21 heavy (non-hydrogen) atoms. The molecular weight excluding hydrogens is 285 g/mol. The van der Waals surface area contributed by atoms with E-state index in [9.17, 15) is 18.0 Å². The molecule has 1 aromatic heterocycles. The fourth-order valence-electron chi connectivity index (χ4n) is 1.88. The van der Waals surface area contributed by atoms with Crippen molar-refractivity contribution in [2.45, 2.75) is 19.1 Å². The Balaban J connectivity index is 2.20. The number of nitrogens with zero attached hydrogens (tertiary/aromatic N) is 2. The molecule has 2 aromatic rings. The van der Waals surface area contributed by atoms with Gasteiger partial charge in [-0.2, -0.15) is 18.3 Å². The fraction of sp³-hybridized carbons (Fsp3) is 0.231. The van der Waals surface area contributed by atoms with Gasteiger partial charge in [0.2, 0.25) is 5.91 Å². The number of nitrogens with two attached hydrogens (primary N) is 1. The Bertz CT molecular complexity index is 636. The molecule has 0 saturated carbocycles. The van der Waals surface area contributed by atoms with Crippen LogP contribution in [0.5, 0.6) is 0 Å². The first-order valence-electron chi connectivity index (χ1n) is 6.06. The second kappa shape index (κ2) is 5.96. The number of aromatic nitrogens is 2. The summed E-state index contributed by atoms with van der Waals surface area (Å²) in [5, 5.41) is 3.69. The number of benzene rings is 1. The monoisotopic (exact) mass is 298 g/mol. The lowest BCUT2D eigenvalue weighted by atomic mass is 10.0. The largest absolute Gasteiger partial charge is 0.419 e. The van der Waals surface area contributed by atoms with Gasteiger partial charge in [-0.3, -0.25) is 14.9 Å². The van der Waals surface area contributed by atoms with E-state index in [2.05, 4.69) is 5.10 Å². The van der Waals surface area contributed by atoms with E-state index in [1.165, 1.54) is 4.68 Å². The van der Waals surface area contributed by atoms with Crippen molar-refractivity contribution in [2.24, 2.45) is 5.84 Å². The topological polar surface area (TPSA) is 72.9 Å². The lowest BCUT2D eigenvalue weighted by molar-refractivity contribution is -0.137. The number of alkyl halides is 3. The fourth-order valence-corrected chi connectivity index (χ4v) is 1.88. The van der Waals surface area contributed by atoms with Crippen LogP contribution in [0.3, 0.4) is 0 Å². The van der Waals surface area contributed by atoms with Crippen LogP contribution in [0, 0.1) is 0 Å². The van der Waals surface area contributed by atoms with Crippen LogP contribution < -0.4 is 11.3 Å². The predicted molar refractivity (Wildman–Crippen MR) is 68.8 cm³/mol. The molecule has 1 aromatic carbocycles. The minimum absolute atomic E-state index is 0.0556. The van der Waals surface area contributed by atoms with Gasteiger partial charge < -0.3 is 0 Å². The molecule has 0 fully saturated rings. The zero-order valence-corrected chi connectivity index (χ0v) is 10.9. The van der Waals surface area contributed by atoms with Gasteiger partial charge in [-0.05, 0) is 11.1 Å². The Morgan fingerprint density at radius 3 is 2.52 bits per heavy atom. The number of nitrogens with one attached hydrogen (secondary N) is 1. The van der Waals surface area contributed by atoms with E-state index in [-0.39, 0.29) is 18.9 Å². The van der Waals surface area contributed by atoms with Crippen LogP contribution in [0.2, 0.25) is 0 Å². The molecule has 0 aliphatic rings. The number of hydrazine groups is 1. The number of hydrogen-bond acceptors (Lipinski definition) is 3. The van der Waals surface area contributed by atoms with Gasteiger partial charge in [-0.1, -0.05) is 24.3 Å². The molecule has 0 saturated heterocycles. The number of carbonyl (C=O) groups excluding carboxylic acids is 1. The van der Waals surface area contributed by atoms with Gasteiger partial charge in [0.1, 0.15) is 0 Å². The number of halogens is 3. The van der Waals surface area contributed by atoms with Crippen LogP contribution in [0.1, 0.15) is 16.7 Å². The number of amides is 1. The van der Waals surface area contributed by atoms with Crippen molar-refractivity contribution in [3.05, 3.63) is 53.3 Å². The van der Waals surface area contributed by atoms with Gasteiger partial charge in [0.05, 0.1) is 24.7 Å². The van der Waals surface area contributed by atoms with Crippen LogP contribution in [0.25, 0.3) is 0 Å². The molecule has 3 N–H and O–H groups in total. The highest BCUT2D eigenvalue weighted by atomic mass is 19.4. The predicted octanol–water partition coefficient (Wildman–Crippen LogP) is 1.48. The number of rotatable bonds is 4. The smallest absolute Gasteiger partial charge is 0.294 e. The van der Waals surface area contributed by atoms with Gasteiger partial charge in [0, 0.05) is 6.20 Å². The maximum Gasteiger partial charge on any atom is 0.419 e. The van der Waals surface area contributed by atoms with E-state index in [0.29, 0.717) is 11.1 Å². The molecule has 0 atom stereocenters. The summed E-state index contributed by atoms with van der Waals surface area (Å²) >= 11 is 0. The van der Waals surface area contributed by atoms with Gasteiger partial charge in [-0.15, -0.1) is 0 Å². The van der Waals surface area contributed by atoms with E-state index in [1.807, 2.05) is 5.43 Å². The summed E-state index contributed by atoms with van der Waals surface area (Å²) in [7, 11) is 0. The highest BCUT2D eigenvalue weighted by molar-refractivity contribution is 5.78. The van der Waals surface area contributed by atoms with E-state index in [4.69, 9.17) is 5.84 Å². The van der Waals surface area contributed by atoms with Crippen molar-refractivity contribution in [1.82, 2.24) is 15.2 Å². The van der Waals surface area contributed by atoms with Crippen molar-refractivity contribution >= 4 is 5.91 Å². The summed E-state index contributed by atoms with van der Waals surface area (Å²) in [5.41, 5.74) is 2.60. The Hall–Kier alpha value is -2.35. The van der Waals surface area contributed by atoms with Crippen LogP contribution in [-0.4, -0.2) is 15.7 Å². The number of hydrogen-bond donors (Lipinski definition) is 2. The van der Waals surface area contributed by atoms with Crippen molar-refractivity contribution < 1.29 is 18.0 Å². The van der Waals surface area contributed by atoms with Crippen molar-refractivity contribution in [3.63, 3.8) is 0 Å². The van der Waals surface area contributed by atoms with Crippen molar-refractivity contribution in [2.75, 3.05) is 0 Å². The second-order valence-corrected chi connectivity index (χ2v) is 4.44. The molecule has 0 radical (unpaired) electrons. The molecule has 2 rings (SSSR count). The van der Waals surface area contributed by atoms with E-state index in [0.717, 1.165) is 12.4 Å². The maximum atomic E-state index is 12.5. The first-order valence-corrected chi connectivity index (χ1v) is 6.06. The third kappa shape index (κ3) is 3.82. The minimum atomic E-state index is -4.42. The second-order valence-electron chi connectivity index (χ2n) is 4.44. The van der Waals surface area contributed by atoms with Crippen LogP contribution in [0.4, 0.5) is 13.2 Å². The lowest BCUT2D eigenvalue weighted by Crippen LogP contribution is -2.31. The quantitative estimate of drug-likeness (QED) is 0.510. The third-order valence-corrected chi connectivity index (χ3v) is 2.92. The molecule has 0 aliphatic carbocycles. The van der Waals surface area contributed by atoms with Gasteiger partial charge in [-0.25, -0.2) is 5.84 Å². The van der Waals surface area contributed by atoms with Crippen LogP contribution in [0.15, 0.2) is 36.7 Å². The zero-order chi connectivity index (χ0) is 15.5. The molecule has 0 spiro atoms. The van der Waals surface area contributed by atoms with Crippen molar-refractivity contribution in [1.29, 1.82) is 0 Å². The Kier molecular flexibility index (Phi) is 4.27. The van der Waals surface area contributed by atoms with Gasteiger partial charge >= 0.3 is 6.18 Å². The first-order chi connectivity index (χ1) is 9.90. The Morgan fingerprint density at radius 2 is 1.95 bits per heavy atom. The number of carbonyl (C=O) groups is 1. The molecular formula is C13H13F3N4O. The molecule has 1 amide bonds. The standard InChI is InChI=1S/C13H13F3N4O/c14-13(15,16)11-6-18-20(8-11)7-10-4-2-1-3-9(10)5-12(21)19-17/h1-4,6,8H,5,7,17H2,(H,19,21). The molecule has 0 bridgehead atoms. The molecule has 1 heterocycles. The Labute approximate surface area is 118 Å². The molecule has 0 aliphatic heterocycles. The average Bonchev–Trinajstić information content (AvgIpc) is 2.89. The van der Waals surface area contributed by atoms with Crippen molar-refractivity contribution in [3.8, 4) is 0 Å². The third-order valence-electron chi connectivity index (χ3n) is 2.92. The summed E-state index contributed by atoms with van der Waals surface area (Å²) in [6.07, 6.45) is -2.66. The molecule has 8 heteroatoms. The summed E-state index contributed by atoms with van der Waals surface area (Å²) < 4.78 is 38.7. The van der Waals surface area contributed by atoms with E-state index < -0.39 is 11.7 Å². The molecule has 0 unspecified atom stereocenters. The SMILES string of the molecule is NNC(=O)Cc1ccccc1Cn1cc(C(F)(F)F)cn1. The van der Waals surface area contributed by atoms with E-state index >= 15 is 0 Å². The summed E-state index contributed by atoms with van der Waals surface area (Å²) in [6.45, 7) is 0.143. The van der Waals surface area contributed by atoms with Crippen LogP contribution >= 0.6 is 0 Å². The summed E-state index contributed by atoms with van der Waals surface area (Å²) in [5.74, 6) is 4.66. The van der Waals surface area contributed by atoms with Gasteiger partial charge in [0.25, 0.3) is 0 Å². The molecule has 112 valence electrons. The molecule has 5 nitrogen and oxygen atoms in total. The first kappa shape index (κ1) is 15.0. The summed E-state index contributed by atoms with van der Waals surface area (Å²) in [6, 6.07) is 6.94. The summed E-state index contributed by atoms with van der Waals surface area (Å²) in [4.78, 5) is 11.3. The lowest BCUT2D eigenvalue weighted by Gasteiger charge is -2.09. The zero-order valence-electron chi connectivity index (χ0n) is 10.9. The highest BCUT2D eigenvalue weighted by Crippen LogP contribution is 2.28. The normalized spacial score (nSPS) is 11.4. The van der Waals surface area contributed by atoms with E-state index in [1.54, 1.807) is 24.3 Å². The maximum absolute atomic E-state index is 12.5. The minimum Gasteiger partial charge on any atom is -0.294 e. The van der Waals surface area contributed by atoms with Gasteiger partial charge in [0.15, 0.2) is 0 Å². The average molecular weight is 298 g/mol. The highest BCUT2D eigenvalue weighted by Gasteiger charge is 2.32. The van der Waals surface area contributed by atoms with Crippen LogP contribution in [-0.2, 0) is 23.9 Å². The Morgan fingerprint density at radius 1 is 1.29 bits per heavy atom.